The highest BCUT2D eigenvalue weighted by Gasteiger charge is 2.25. The molecular weight excluding hydrogens is 474 g/mol. The summed E-state index contributed by atoms with van der Waals surface area (Å²) in [4.78, 5) is 12.9. The zero-order chi connectivity index (χ0) is 26.6. The number of hydrogen-bond acceptors (Lipinski definition) is 5. The Balaban J connectivity index is 2.11. The van der Waals surface area contributed by atoms with Gasteiger partial charge in [-0.3, -0.25) is 4.79 Å². The van der Waals surface area contributed by atoms with Crippen molar-refractivity contribution in [2.45, 2.75) is 71.9 Å². The lowest BCUT2D eigenvalue weighted by Crippen LogP contribution is -2.49. The van der Waals surface area contributed by atoms with E-state index in [0.29, 0.717) is 32.0 Å². The lowest BCUT2D eigenvalue weighted by Gasteiger charge is -2.26. The van der Waals surface area contributed by atoms with Crippen molar-refractivity contribution < 1.29 is 18.3 Å². The molecule has 0 fully saturated rings. The van der Waals surface area contributed by atoms with Crippen molar-refractivity contribution in [3.05, 3.63) is 48.0 Å². The molecule has 0 aliphatic heterocycles. The van der Waals surface area contributed by atoms with Crippen LogP contribution < -0.4 is 10.6 Å². The van der Waals surface area contributed by atoms with Gasteiger partial charge in [-0.1, -0.05) is 70.2 Å². The first kappa shape index (κ1) is 30.2. The molecule has 2 rings (SSSR count). The summed E-state index contributed by atoms with van der Waals surface area (Å²) in [7, 11) is -3.51. The largest absolute Gasteiger partial charge is 0.390 e. The second-order valence-electron chi connectivity index (χ2n) is 9.94. The Morgan fingerprint density at radius 1 is 1.03 bits per heavy atom. The molecule has 2 aromatic carbocycles. The Hall–Kier alpha value is -2.00. The van der Waals surface area contributed by atoms with E-state index in [1.54, 1.807) is 0 Å². The monoisotopic (exact) mass is 519 g/mol. The molecular formula is C28H45N3O4S. The first-order chi connectivity index (χ1) is 17.2. The second-order valence-corrected chi connectivity index (χ2v) is 12.0. The number of sulfonamides is 1. The standard InChI is InChI=1S/C28H45N3O4S/c1-5-17-31(18-6-2)36(34,35)19-15-28(33)30-26(27(32)21-29-16-14-22(3)4)20-24-12-9-11-23-10-7-8-13-25(23)24/h7-13,22,26-27,29,32H,5-6,14-21H2,1-4H3,(H,30,33)/t26-,27-/m0/s1. The van der Waals surface area contributed by atoms with Gasteiger partial charge in [0.15, 0.2) is 0 Å². The predicted molar refractivity (Wildman–Crippen MR) is 148 cm³/mol. The highest BCUT2D eigenvalue weighted by Crippen LogP contribution is 2.20. The van der Waals surface area contributed by atoms with Crippen molar-refractivity contribution >= 4 is 26.7 Å². The number of carbonyl (C=O) groups is 1. The number of carbonyl (C=O) groups excluding carboxylic acids is 1. The van der Waals surface area contributed by atoms with Gasteiger partial charge in [0.25, 0.3) is 0 Å². The first-order valence-corrected chi connectivity index (χ1v) is 14.9. The zero-order valence-electron chi connectivity index (χ0n) is 22.4. The maximum atomic E-state index is 12.9. The summed E-state index contributed by atoms with van der Waals surface area (Å²) in [5.74, 6) is -0.0384. The summed E-state index contributed by atoms with van der Waals surface area (Å²) in [6, 6.07) is 13.5. The SMILES string of the molecule is CCCN(CCC)S(=O)(=O)CCC(=O)N[C@@H](Cc1cccc2ccccc12)[C@@H](O)CNCCC(C)C. The number of aliphatic hydroxyl groups excluding tert-OH is 1. The van der Waals surface area contributed by atoms with Crippen molar-refractivity contribution in [2.75, 3.05) is 31.9 Å². The van der Waals surface area contributed by atoms with Gasteiger partial charge in [0.1, 0.15) is 0 Å². The summed E-state index contributed by atoms with van der Waals surface area (Å²) in [5.41, 5.74) is 1.03. The number of hydrogen-bond donors (Lipinski definition) is 3. The van der Waals surface area contributed by atoms with Crippen molar-refractivity contribution in [3.63, 3.8) is 0 Å². The molecule has 1 amide bonds. The van der Waals surface area contributed by atoms with E-state index in [0.717, 1.165) is 42.1 Å². The Morgan fingerprint density at radius 2 is 1.69 bits per heavy atom. The average Bonchev–Trinajstić information content (AvgIpc) is 2.85. The van der Waals surface area contributed by atoms with Crippen molar-refractivity contribution in [2.24, 2.45) is 5.92 Å². The Bertz CT molecular complexity index is 1030. The molecule has 202 valence electrons. The third-order valence-corrected chi connectivity index (χ3v) is 8.18. The van der Waals surface area contributed by atoms with Crippen LogP contribution in [0.4, 0.5) is 0 Å². The minimum Gasteiger partial charge on any atom is -0.390 e. The summed E-state index contributed by atoms with van der Waals surface area (Å²) >= 11 is 0. The number of rotatable bonds is 17. The van der Waals surface area contributed by atoms with Crippen molar-refractivity contribution in [1.29, 1.82) is 0 Å². The number of benzene rings is 2. The Morgan fingerprint density at radius 3 is 2.36 bits per heavy atom. The van der Waals surface area contributed by atoms with E-state index in [4.69, 9.17) is 0 Å². The van der Waals surface area contributed by atoms with Crippen LogP contribution >= 0.6 is 0 Å². The van der Waals surface area contributed by atoms with E-state index in [1.165, 1.54) is 4.31 Å². The molecule has 0 heterocycles. The van der Waals surface area contributed by atoms with E-state index < -0.39 is 22.2 Å². The third kappa shape index (κ3) is 9.81. The molecule has 0 aliphatic rings. The van der Waals surface area contributed by atoms with Gasteiger partial charge >= 0.3 is 0 Å². The molecule has 0 spiro atoms. The quantitative estimate of drug-likeness (QED) is 0.277. The summed E-state index contributed by atoms with van der Waals surface area (Å²) in [5, 5.41) is 19.4. The summed E-state index contributed by atoms with van der Waals surface area (Å²) in [6.07, 6.45) is 1.96. The molecule has 0 aromatic heterocycles. The highest BCUT2D eigenvalue weighted by molar-refractivity contribution is 7.89. The maximum absolute atomic E-state index is 12.9. The number of amides is 1. The molecule has 8 heteroatoms. The van der Waals surface area contributed by atoms with E-state index in [1.807, 2.05) is 56.3 Å². The molecule has 0 saturated heterocycles. The van der Waals surface area contributed by atoms with Gasteiger partial charge in [-0.2, -0.15) is 0 Å². The van der Waals surface area contributed by atoms with Gasteiger partial charge in [0.05, 0.1) is 17.9 Å². The van der Waals surface area contributed by atoms with Crippen LogP contribution in [0.2, 0.25) is 0 Å². The number of aliphatic hydroxyl groups is 1. The van der Waals surface area contributed by atoms with Gasteiger partial charge in [-0.25, -0.2) is 12.7 Å². The molecule has 0 bridgehead atoms. The topological polar surface area (TPSA) is 98.7 Å². The van der Waals surface area contributed by atoms with E-state index in [-0.39, 0.29) is 18.1 Å². The molecule has 0 radical (unpaired) electrons. The zero-order valence-corrected chi connectivity index (χ0v) is 23.2. The minimum absolute atomic E-state index is 0.133. The highest BCUT2D eigenvalue weighted by atomic mass is 32.2. The van der Waals surface area contributed by atoms with Gasteiger partial charge in [0.2, 0.25) is 15.9 Å². The maximum Gasteiger partial charge on any atom is 0.221 e. The molecule has 0 saturated carbocycles. The number of nitrogens with one attached hydrogen (secondary N) is 2. The fourth-order valence-corrected chi connectivity index (χ4v) is 5.92. The molecule has 7 nitrogen and oxygen atoms in total. The van der Waals surface area contributed by atoms with E-state index in [9.17, 15) is 18.3 Å². The molecule has 2 atom stereocenters. The van der Waals surface area contributed by atoms with E-state index in [2.05, 4.69) is 24.5 Å². The molecule has 3 N–H and O–H groups in total. The average molecular weight is 520 g/mol. The van der Waals surface area contributed by atoms with Gasteiger partial charge < -0.3 is 15.7 Å². The smallest absolute Gasteiger partial charge is 0.221 e. The first-order valence-electron chi connectivity index (χ1n) is 13.3. The molecule has 2 aromatic rings. The van der Waals surface area contributed by atoms with Crippen LogP contribution in [0, 0.1) is 5.92 Å². The van der Waals surface area contributed by atoms with Crippen LogP contribution in [0.25, 0.3) is 10.8 Å². The Labute approximate surface area is 217 Å². The summed E-state index contributed by atoms with van der Waals surface area (Å²) < 4.78 is 27.0. The molecule has 0 aliphatic carbocycles. The van der Waals surface area contributed by atoms with Crippen molar-refractivity contribution in [3.8, 4) is 0 Å². The van der Waals surface area contributed by atoms with Crippen LogP contribution in [0.5, 0.6) is 0 Å². The fraction of sp³-hybridized carbons (Fsp3) is 0.607. The molecule has 0 unspecified atom stereocenters. The predicted octanol–water partition coefficient (Wildman–Crippen LogP) is 3.71. The minimum atomic E-state index is -3.51. The van der Waals surface area contributed by atoms with Crippen LogP contribution in [0.3, 0.4) is 0 Å². The summed E-state index contributed by atoms with van der Waals surface area (Å²) in [6.45, 7) is 10.2. The van der Waals surface area contributed by atoms with Crippen LogP contribution in [0.1, 0.15) is 58.9 Å². The Kier molecular flexibility index (Phi) is 12.8. The van der Waals surface area contributed by atoms with Gasteiger partial charge in [0, 0.05) is 26.1 Å². The number of nitrogens with zero attached hydrogens (tertiary/aromatic N) is 1. The number of fused-ring (bicyclic) bond motifs is 1. The lowest BCUT2D eigenvalue weighted by molar-refractivity contribution is -0.122. The molecule has 36 heavy (non-hydrogen) atoms. The van der Waals surface area contributed by atoms with Crippen LogP contribution in [-0.4, -0.2) is 67.8 Å². The van der Waals surface area contributed by atoms with Gasteiger partial charge in [-0.15, -0.1) is 0 Å². The van der Waals surface area contributed by atoms with Crippen molar-refractivity contribution in [1.82, 2.24) is 14.9 Å². The van der Waals surface area contributed by atoms with Crippen LogP contribution in [0.15, 0.2) is 42.5 Å². The van der Waals surface area contributed by atoms with E-state index >= 15 is 0 Å². The lowest BCUT2D eigenvalue weighted by atomic mass is 9.96. The normalized spacial score (nSPS) is 13.9. The second kappa shape index (κ2) is 15.3. The third-order valence-electron chi connectivity index (χ3n) is 6.31. The fourth-order valence-electron chi connectivity index (χ4n) is 4.29. The van der Waals surface area contributed by atoms with Crippen LogP contribution in [-0.2, 0) is 21.2 Å². The van der Waals surface area contributed by atoms with Gasteiger partial charge in [-0.05, 0) is 54.5 Å².